The third-order valence-electron chi connectivity index (χ3n) is 4.78. The molecule has 1 atom stereocenters. The summed E-state index contributed by atoms with van der Waals surface area (Å²) in [6.45, 7) is 0. The Morgan fingerprint density at radius 2 is 2.15 bits per heavy atom. The van der Waals surface area contributed by atoms with Gasteiger partial charge in [0.2, 0.25) is 0 Å². The average Bonchev–Trinajstić information content (AvgIpc) is 3.30. The number of benzene rings is 1. The topological polar surface area (TPSA) is 122 Å². The highest BCUT2D eigenvalue weighted by molar-refractivity contribution is 5.97. The number of aromatic nitrogens is 6. The Balaban J connectivity index is 1.52. The van der Waals surface area contributed by atoms with E-state index in [0.717, 1.165) is 5.56 Å². The molecule has 4 rings (SSSR count). The lowest BCUT2D eigenvalue weighted by Crippen LogP contribution is -2.48. The first-order valence-corrected chi connectivity index (χ1v) is 8.50. The molecule has 0 spiro atoms. The fraction of sp³-hybridized carbons (Fsp3) is 0.353. The van der Waals surface area contributed by atoms with Crippen molar-refractivity contribution in [2.75, 3.05) is 0 Å². The van der Waals surface area contributed by atoms with Gasteiger partial charge in [-0.15, -0.1) is 5.10 Å². The second kappa shape index (κ2) is 7.04. The van der Waals surface area contributed by atoms with Gasteiger partial charge < -0.3 is 10.4 Å². The molecular weight excluding hydrogens is 334 g/mol. The lowest BCUT2D eigenvalue weighted by Gasteiger charge is -2.38. The highest BCUT2D eigenvalue weighted by atomic mass is 16.3. The third-order valence-corrected chi connectivity index (χ3v) is 4.78. The van der Waals surface area contributed by atoms with E-state index in [9.17, 15) is 9.90 Å². The highest BCUT2D eigenvalue weighted by Crippen LogP contribution is 2.32. The van der Waals surface area contributed by atoms with Crippen LogP contribution in [0.5, 0.6) is 0 Å². The van der Waals surface area contributed by atoms with Crippen LogP contribution in [0, 0.1) is 5.92 Å². The maximum absolute atomic E-state index is 12.8. The van der Waals surface area contributed by atoms with E-state index in [-0.39, 0.29) is 24.0 Å². The number of hydrogen-bond donors (Lipinski definition) is 3. The Bertz CT molecular complexity index is 856. The van der Waals surface area contributed by atoms with Crippen LogP contribution in [0.2, 0.25) is 0 Å². The number of aliphatic hydroxyl groups excluding tert-OH is 1. The molecule has 2 heterocycles. The Morgan fingerprint density at radius 3 is 2.85 bits per heavy atom. The quantitative estimate of drug-likeness (QED) is 0.593. The summed E-state index contributed by atoms with van der Waals surface area (Å²) >= 11 is 0. The lowest BCUT2D eigenvalue weighted by atomic mass is 9.75. The zero-order valence-corrected chi connectivity index (χ0v) is 14.0. The lowest BCUT2D eigenvalue weighted by molar-refractivity contribution is 0.0239. The van der Waals surface area contributed by atoms with Crippen LogP contribution in [0.25, 0.3) is 5.82 Å². The van der Waals surface area contributed by atoms with Crippen molar-refractivity contribution in [1.82, 2.24) is 35.7 Å². The number of amides is 1. The van der Waals surface area contributed by atoms with Crippen molar-refractivity contribution in [3.05, 3.63) is 54.0 Å². The standard InChI is InChI=1S/C17H19N7O2/c25-13-7-12(8-13)15(6-11-4-2-1-3-5-11)20-17(26)14-9-18-21-16(14)24-10-19-22-23-24/h1-5,9-10,12-13,15,25H,6-8H2,(H,18,21)(H,20,26)/t12?,13?,15-/m0/s1. The van der Waals surface area contributed by atoms with E-state index >= 15 is 0 Å². The number of carbonyl (C=O) groups excluding carboxylic acids is 1. The fourth-order valence-electron chi connectivity index (χ4n) is 3.29. The second-order valence-electron chi connectivity index (χ2n) is 6.54. The van der Waals surface area contributed by atoms with Gasteiger partial charge in [0.05, 0.1) is 12.3 Å². The monoisotopic (exact) mass is 353 g/mol. The van der Waals surface area contributed by atoms with Crippen molar-refractivity contribution in [3.63, 3.8) is 0 Å². The van der Waals surface area contributed by atoms with Crippen LogP contribution in [0.4, 0.5) is 0 Å². The van der Waals surface area contributed by atoms with Gasteiger partial charge in [-0.2, -0.15) is 9.78 Å². The molecule has 3 N–H and O–H groups in total. The molecule has 3 aromatic rings. The molecule has 1 fully saturated rings. The number of carbonyl (C=O) groups is 1. The van der Waals surface area contributed by atoms with E-state index in [1.165, 1.54) is 17.2 Å². The normalized spacial score (nSPS) is 20.3. The van der Waals surface area contributed by atoms with Gasteiger partial charge in [0, 0.05) is 6.04 Å². The predicted molar refractivity (Wildman–Crippen MR) is 91.4 cm³/mol. The first-order chi connectivity index (χ1) is 12.7. The summed E-state index contributed by atoms with van der Waals surface area (Å²) in [5, 5.41) is 30.4. The second-order valence-corrected chi connectivity index (χ2v) is 6.54. The average molecular weight is 353 g/mol. The first-order valence-electron chi connectivity index (χ1n) is 8.50. The van der Waals surface area contributed by atoms with Crippen LogP contribution in [0.15, 0.2) is 42.9 Å². The minimum Gasteiger partial charge on any atom is -0.393 e. The molecule has 0 aliphatic heterocycles. The first kappa shape index (κ1) is 16.4. The van der Waals surface area contributed by atoms with Crippen LogP contribution in [-0.2, 0) is 6.42 Å². The zero-order chi connectivity index (χ0) is 17.9. The molecule has 1 aliphatic rings. The van der Waals surface area contributed by atoms with Gasteiger partial charge in [0.25, 0.3) is 5.91 Å². The van der Waals surface area contributed by atoms with E-state index in [1.54, 1.807) is 0 Å². The molecular formula is C17H19N7O2. The molecule has 9 heteroatoms. The van der Waals surface area contributed by atoms with E-state index in [1.807, 2.05) is 30.3 Å². The van der Waals surface area contributed by atoms with E-state index in [4.69, 9.17) is 0 Å². The minimum absolute atomic E-state index is 0.0649. The molecule has 1 amide bonds. The molecule has 1 aliphatic carbocycles. The van der Waals surface area contributed by atoms with Crippen molar-refractivity contribution < 1.29 is 9.90 Å². The fourth-order valence-corrected chi connectivity index (χ4v) is 3.29. The Morgan fingerprint density at radius 1 is 1.35 bits per heavy atom. The van der Waals surface area contributed by atoms with Crippen molar-refractivity contribution in [3.8, 4) is 5.82 Å². The summed E-state index contributed by atoms with van der Waals surface area (Å²) in [5.74, 6) is 0.420. The molecule has 1 saturated carbocycles. The maximum atomic E-state index is 12.8. The molecule has 0 unspecified atom stereocenters. The Hall–Kier alpha value is -3.07. The molecule has 2 aromatic heterocycles. The molecule has 26 heavy (non-hydrogen) atoms. The minimum atomic E-state index is -0.277. The zero-order valence-electron chi connectivity index (χ0n) is 14.0. The summed E-state index contributed by atoms with van der Waals surface area (Å²) in [5.41, 5.74) is 1.52. The summed E-state index contributed by atoms with van der Waals surface area (Å²) in [6, 6.07) is 9.95. The highest BCUT2D eigenvalue weighted by Gasteiger charge is 2.35. The number of nitrogens with zero attached hydrogens (tertiary/aromatic N) is 5. The number of rotatable bonds is 6. The third kappa shape index (κ3) is 3.33. The van der Waals surface area contributed by atoms with Gasteiger partial charge in [-0.3, -0.25) is 9.89 Å². The molecule has 1 aromatic carbocycles. The smallest absolute Gasteiger partial charge is 0.256 e. The maximum Gasteiger partial charge on any atom is 0.256 e. The van der Waals surface area contributed by atoms with Crippen molar-refractivity contribution in [2.24, 2.45) is 5.92 Å². The van der Waals surface area contributed by atoms with E-state index in [2.05, 4.69) is 31.0 Å². The number of aromatic amines is 1. The van der Waals surface area contributed by atoms with Crippen molar-refractivity contribution in [2.45, 2.75) is 31.4 Å². The van der Waals surface area contributed by atoms with Gasteiger partial charge in [0.15, 0.2) is 5.82 Å². The predicted octanol–water partition coefficient (Wildman–Crippen LogP) is 0.497. The van der Waals surface area contributed by atoms with Crippen LogP contribution < -0.4 is 5.32 Å². The van der Waals surface area contributed by atoms with Crippen LogP contribution in [-0.4, -0.2) is 53.6 Å². The van der Waals surface area contributed by atoms with Gasteiger partial charge in [0.1, 0.15) is 11.9 Å². The Kier molecular flexibility index (Phi) is 4.44. The van der Waals surface area contributed by atoms with Crippen molar-refractivity contribution >= 4 is 5.91 Å². The van der Waals surface area contributed by atoms with Crippen LogP contribution in [0.3, 0.4) is 0 Å². The van der Waals surface area contributed by atoms with Crippen LogP contribution in [0.1, 0.15) is 28.8 Å². The van der Waals surface area contributed by atoms with E-state index < -0.39 is 0 Å². The van der Waals surface area contributed by atoms with Crippen LogP contribution >= 0.6 is 0 Å². The number of hydrogen-bond acceptors (Lipinski definition) is 6. The SMILES string of the molecule is O=C(N[C@@H](Cc1ccccc1)C1CC(O)C1)c1cn[nH]c1-n1cnnn1. The molecule has 0 saturated heterocycles. The summed E-state index contributed by atoms with van der Waals surface area (Å²) in [4.78, 5) is 12.8. The van der Waals surface area contributed by atoms with Gasteiger partial charge >= 0.3 is 0 Å². The summed E-state index contributed by atoms with van der Waals surface area (Å²) < 4.78 is 1.36. The number of nitrogens with one attached hydrogen (secondary N) is 2. The summed E-state index contributed by atoms with van der Waals surface area (Å²) in [6.07, 6.45) is 4.68. The number of tetrazole rings is 1. The molecule has 0 bridgehead atoms. The van der Waals surface area contributed by atoms with Gasteiger partial charge in [-0.25, -0.2) is 0 Å². The molecule has 9 nitrogen and oxygen atoms in total. The largest absolute Gasteiger partial charge is 0.393 e. The number of aliphatic hydroxyl groups is 1. The van der Waals surface area contributed by atoms with Gasteiger partial charge in [-0.05, 0) is 41.2 Å². The number of H-pyrrole nitrogens is 1. The molecule has 0 radical (unpaired) electrons. The molecule has 134 valence electrons. The van der Waals surface area contributed by atoms with Crippen molar-refractivity contribution in [1.29, 1.82) is 0 Å². The summed E-state index contributed by atoms with van der Waals surface area (Å²) in [7, 11) is 0. The van der Waals surface area contributed by atoms with Gasteiger partial charge in [-0.1, -0.05) is 30.3 Å². The Labute approximate surface area is 149 Å². The van der Waals surface area contributed by atoms with E-state index in [0.29, 0.717) is 30.6 Å².